The van der Waals surface area contributed by atoms with Crippen molar-refractivity contribution < 1.29 is 9.84 Å². The molecule has 88 valence electrons. The van der Waals surface area contributed by atoms with E-state index in [0.29, 0.717) is 13.2 Å². The predicted molar refractivity (Wildman–Crippen MR) is 64.9 cm³/mol. The van der Waals surface area contributed by atoms with E-state index in [1.807, 2.05) is 30.3 Å². The largest absolute Gasteiger partial charge is 0.387 e. The molecule has 0 aliphatic carbocycles. The van der Waals surface area contributed by atoms with Crippen molar-refractivity contribution in [3.05, 3.63) is 48.0 Å². The maximum absolute atomic E-state index is 9.38. The molecule has 0 saturated heterocycles. The third-order valence-corrected chi connectivity index (χ3v) is 2.20. The summed E-state index contributed by atoms with van der Waals surface area (Å²) in [6, 6.07) is 9.72. The van der Waals surface area contributed by atoms with E-state index in [2.05, 4.69) is 0 Å². The lowest BCUT2D eigenvalue weighted by molar-refractivity contribution is 0.146. The Kier molecular flexibility index (Phi) is 5.78. The van der Waals surface area contributed by atoms with Crippen LogP contribution in [0.1, 0.15) is 12.5 Å². The SMILES string of the molecule is C[C@H](N)[C@H](O)/C=C/COCc1ccccc1. The monoisotopic (exact) mass is 221 g/mol. The molecule has 0 heterocycles. The Hall–Kier alpha value is -1.16. The summed E-state index contributed by atoms with van der Waals surface area (Å²) < 4.78 is 5.41. The lowest BCUT2D eigenvalue weighted by atomic mass is 10.2. The zero-order chi connectivity index (χ0) is 11.8. The van der Waals surface area contributed by atoms with Gasteiger partial charge >= 0.3 is 0 Å². The fourth-order valence-electron chi connectivity index (χ4n) is 1.19. The fourth-order valence-corrected chi connectivity index (χ4v) is 1.19. The molecule has 1 aromatic rings. The number of hydrogen-bond acceptors (Lipinski definition) is 3. The molecule has 0 spiro atoms. The van der Waals surface area contributed by atoms with Gasteiger partial charge in [0.25, 0.3) is 0 Å². The van der Waals surface area contributed by atoms with Gasteiger partial charge in [0.05, 0.1) is 19.3 Å². The molecule has 0 unspecified atom stereocenters. The van der Waals surface area contributed by atoms with Gasteiger partial charge in [0.15, 0.2) is 0 Å². The molecule has 0 aliphatic rings. The maximum Gasteiger partial charge on any atom is 0.0869 e. The van der Waals surface area contributed by atoms with Crippen LogP contribution in [0, 0.1) is 0 Å². The normalized spacial score (nSPS) is 15.2. The lowest BCUT2D eigenvalue weighted by Gasteiger charge is -2.08. The summed E-state index contributed by atoms with van der Waals surface area (Å²) >= 11 is 0. The maximum atomic E-state index is 9.38. The van der Waals surface area contributed by atoms with Gasteiger partial charge in [0.1, 0.15) is 0 Å². The summed E-state index contributed by atoms with van der Waals surface area (Å²) in [5.41, 5.74) is 6.64. The van der Waals surface area contributed by atoms with Crippen LogP contribution >= 0.6 is 0 Å². The van der Waals surface area contributed by atoms with Crippen molar-refractivity contribution in [2.45, 2.75) is 25.7 Å². The second-order valence-electron chi connectivity index (χ2n) is 3.78. The van der Waals surface area contributed by atoms with Crippen LogP contribution in [0.4, 0.5) is 0 Å². The van der Waals surface area contributed by atoms with Crippen LogP contribution in [0.25, 0.3) is 0 Å². The summed E-state index contributed by atoms with van der Waals surface area (Å²) in [5, 5.41) is 9.38. The van der Waals surface area contributed by atoms with Gasteiger partial charge in [-0.15, -0.1) is 0 Å². The minimum atomic E-state index is -0.597. The molecule has 0 aromatic heterocycles. The number of hydrogen-bond donors (Lipinski definition) is 2. The molecule has 0 radical (unpaired) electrons. The van der Waals surface area contributed by atoms with Crippen molar-refractivity contribution in [2.75, 3.05) is 6.61 Å². The van der Waals surface area contributed by atoms with E-state index in [0.717, 1.165) is 5.56 Å². The van der Waals surface area contributed by atoms with Crippen molar-refractivity contribution in [3.8, 4) is 0 Å². The Balaban J connectivity index is 2.17. The number of rotatable bonds is 6. The van der Waals surface area contributed by atoms with E-state index in [-0.39, 0.29) is 6.04 Å². The van der Waals surface area contributed by atoms with Crippen LogP contribution in [0.2, 0.25) is 0 Å². The molecule has 3 N–H and O–H groups in total. The highest BCUT2D eigenvalue weighted by molar-refractivity contribution is 5.13. The van der Waals surface area contributed by atoms with Crippen molar-refractivity contribution in [3.63, 3.8) is 0 Å². The Morgan fingerprint density at radius 1 is 1.38 bits per heavy atom. The predicted octanol–water partition coefficient (Wildman–Crippen LogP) is 1.47. The first-order chi connectivity index (χ1) is 7.70. The minimum Gasteiger partial charge on any atom is -0.387 e. The van der Waals surface area contributed by atoms with Crippen molar-refractivity contribution in [1.82, 2.24) is 0 Å². The average Bonchev–Trinajstić information content (AvgIpc) is 2.29. The highest BCUT2D eigenvalue weighted by Gasteiger charge is 2.03. The summed E-state index contributed by atoms with van der Waals surface area (Å²) in [6.45, 7) is 2.83. The van der Waals surface area contributed by atoms with Crippen LogP contribution in [0.5, 0.6) is 0 Å². The second kappa shape index (κ2) is 7.17. The van der Waals surface area contributed by atoms with Gasteiger partial charge in [-0.25, -0.2) is 0 Å². The van der Waals surface area contributed by atoms with Gasteiger partial charge < -0.3 is 15.6 Å². The van der Waals surface area contributed by atoms with E-state index >= 15 is 0 Å². The Morgan fingerprint density at radius 3 is 2.69 bits per heavy atom. The molecule has 0 amide bonds. The first kappa shape index (κ1) is 12.9. The van der Waals surface area contributed by atoms with Crippen molar-refractivity contribution in [2.24, 2.45) is 5.73 Å². The van der Waals surface area contributed by atoms with Crippen LogP contribution in [0.15, 0.2) is 42.5 Å². The molecule has 0 bridgehead atoms. The molecule has 1 aromatic carbocycles. The molecule has 3 nitrogen and oxygen atoms in total. The van der Waals surface area contributed by atoms with Crippen molar-refractivity contribution in [1.29, 1.82) is 0 Å². The van der Waals surface area contributed by atoms with Gasteiger partial charge in [0, 0.05) is 6.04 Å². The van der Waals surface area contributed by atoms with E-state index in [4.69, 9.17) is 10.5 Å². The van der Waals surface area contributed by atoms with Gasteiger partial charge in [-0.3, -0.25) is 0 Å². The highest BCUT2D eigenvalue weighted by atomic mass is 16.5. The van der Waals surface area contributed by atoms with Gasteiger partial charge in [-0.05, 0) is 12.5 Å². The summed E-state index contributed by atoms with van der Waals surface area (Å²) in [4.78, 5) is 0. The number of nitrogens with two attached hydrogens (primary N) is 1. The summed E-state index contributed by atoms with van der Waals surface area (Å²) in [5.74, 6) is 0. The second-order valence-corrected chi connectivity index (χ2v) is 3.78. The molecule has 0 aliphatic heterocycles. The third kappa shape index (κ3) is 5.07. The van der Waals surface area contributed by atoms with Crippen LogP contribution in [-0.4, -0.2) is 23.9 Å². The number of aliphatic hydroxyl groups excluding tert-OH is 1. The number of benzene rings is 1. The topological polar surface area (TPSA) is 55.5 Å². The first-order valence-corrected chi connectivity index (χ1v) is 5.42. The van der Waals surface area contributed by atoms with Gasteiger partial charge in [-0.2, -0.15) is 0 Å². The fraction of sp³-hybridized carbons (Fsp3) is 0.385. The molecule has 3 heteroatoms. The van der Waals surface area contributed by atoms with E-state index < -0.39 is 6.10 Å². The minimum absolute atomic E-state index is 0.245. The summed E-state index contributed by atoms with van der Waals surface area (Å²) in [6.07, 6.45) is 2.85. The van der Waals surface area contributed by atoms with E-state index in [1.54, 1.807) is 19.1 Å². The third-order valence-electron chi connectivity index (χ3n) is 2.20. The van der Waals surface area contributed by atoms with E-state index in [9.17, 15) is 5.11 Å². The Morgan fingerprint density at radius 2 is 2.06 bits per heavy atom. The molecular weight excluding hydrogens is 202 g/mol. The lowest BCUT2D eigenvalue weighted by Crippen LogP contribution is -2.29. The molecule has 16 heavy (non-hydrogen) atoms. The van der Waals surface area contributed by atoms with Crippen LogP contribution < -0.4 is 5.73 Å². The standard InChI is InChI=1S/C13H19NO2/c1-11(14)13(15)8-5-9-16-10-12-6-3-2-4-7-12/h2-8,11,13,15H,9-10,14H2,1H3/b8-5+/t11-,13+/m0/s1. The number of ether oxygens (including phenoxy) is 1. The molecular formula is C13H19NO2. The quantitative estimate of drug-likeness (QED) is 0.565. The Labute approximate surface area is 96.5 Å². The molecule has 0 fully saturated rings. The highest BCUT2D eigenvalue weighted by Crippen LogP contribution is 2.00. The Bertz CT molecular complexity index is 309. The molecule has 0 saturated carbocycles. The number of aliphatic hydroxyl groups is 1. The first-order valence-electron chi connectivity index (χ1n) is 5.42. The molecule has 2 atom stereocenters. The zero-order valence-electron chi connectivity index (χ0n) is 9.54. The van der Waals surface area contributed by atoms with Gasteiger partial charge in [-0.1, -0.05) is 42.5 Å². The van der Waals surface area contributed by atoms with Crippen LogP contribution in [-0.2, 0) is 11.3 Å². The van der Waals surface area contributed by atoms with Gasteiger partial charge in [0.2, 0.25) is 0 Å². The molecule has 1 rings (SSSR count). The smallest absolute Gasteiger partial charge is 0.0869 e. The zero-order valence-corrected chi connectivity index (χ0v) is 9.54. The van der Waals surface area contributed by atoms with E-state index in [1.165, 1.54) is 0 Å². The summed E-state index contributed by atoms with van der Waals surface area (Å²) in [7, 11) is 0. The average molecular weight is 221 g/mol. The van der Waals surface area contributed by atoms with Crippen LogP contribution in [0.3, 0.4) is 0 Å². The van der Waals surface area contributed by atoms with Crippen molar-refractivity contribution >= 4 is 0 Å².